The molecule has 116 valence electrons. The Labute approximate surface area is 129 Å². The maximum absolute atomic E-state index is 3.55. The molecule has 1 N–H and O–H groups in total. The van der Waals surface area contributed by atoms with Gasteiger partial charge >= 0.3 is 0 Å². The highest BCUT2D eigenvalue weighted by Gasteiger charge is 2.31. The van der Waals surface area contributed by atoms with Crippen LogP contribution in [0.1, 0.15) is 44.7 Å². The van der Waals surface area contributed by atoms with Crippen molar-refractivity contribution in [2.45, 2.75) is 45.2 Å². The minimum atomic E-state index is 0.496. The second-order valence-corrected chi connectivity index (χ2v) is 6.36. The third-order valence-corrected chi connectivity index (χ3v) is 4.90. The zero-order valence-electron chi connectivity index (χ0n) is 13.5. The van der Waals surface area contributed by atoms with Crippen molar-refractivity contribution in [1.29, 1.82) is 0 Å². The molecule has 1 heterocycles. The fourth-order valence-electron chi connectivity index (χ4n) is 3.45. The first-order chi connectivity index (χ1) is 10.3. The van der Waals surface area contributed by atoms with Crippen LogP contribution in [0.5, 0.6) is 0 Å². The molecule has 3 rings (SSSR count). The molecule has 3 heteroatoms. The summed E-state index contributed by atoms with van der Waals surface area (Å²) in [6.45, 7) is 10.3. The van der Waals surface area contributed by atoms with Crippen LogP contribution < -0.4 is 10.2 Å². The van der Waals surface area contributed by atoms with Crippen molar-refractivity contribution in [1.82, 2.24) is 10.2 Å². The van der Waals surface area contributed by atoms with Gasteiger partial charge in [-0.2, -0.15) is 0 Å². The minimum absolute atomic E-state index is 0.496. The van der Waals surface area contributed by atoms with Gasteiger partial charge in [0, 0.05) is 44.0 Å². The van der Waals surface area contributed by atoms with E-state index >= 15 is 0 Å². The summed E-state index contributed by atoms with van der Waals surface area (Å²) in [5, 5.41) is 3.55. The lowest BCUT2D eigenvalue weighted by Crippen LogP contribution is -2.47. The number of hydrogen-bond acceptors (Lipinski definition) is 3. The molecule has 2 aliphatic rings. The number of anilines is 1. The summed E-state index contributed by atoms with van der Waals surface area (Å²) in [6.07, 6.45) is 4.00. The Bertz CT molecular complexity index is 430. The quantitative estimate of drug-likeness (QED) is 0.867. The van der Waals surface area contributed by atoms with E-state index in [1.165, 1.54) is 50.3 Å². The number of nitrogens with zero attached hydrogens (tertiary/aromatic N) is 2. The summed E-state index contributed by atoms with van der Waals surface area (Å²) < 4.78 is 0. The molecule has 0 spiro atoms. The van der Waals surface area contributed by atoms with Crippen molar-refractivity contribution >= 4 is 5.69 Å². The van der Waals surface area contributed by atoms with E-state index in [2.05, 4.69) is 53.2 Å². The van der Waals surface area contributed by atoms with Gasteiger partial charge in [0.25, 0.3) is 0 Å². The average Bonchev–Trinajstić information content (AvgIpc) is 3.38. The fraction of sp³-hybridized carbons (Fsp3) is 0.667. The Morgan fingerprint density at radius 3 is 2.24 bits per heavy atom. The standard InChI is InChI=1S/C18H29N3/c1-3-18(19-4-2)15-5-7-16(8-6-15)20-11-13-21(14-12-20)17-9-10-17/h5-8,17-19H,3-4,9-14H2,1-2H3. The molecule has 3 nitrogen and oxygen atoms in total. The molecule has 1 aromatic carbocycles. The van der Waals surface area contributed by atoms with Gasteiger partial charge in [-0.3, -0.25) is 4.90 Å². The van der Waals surface area contributed by atoms with Crippen LogP contribution in [0.4, 0.5) is 5.69 Å². The largest absolute Gasteiger partial charge is 0.369 e. The van der Waals surface area contributed by atoms with Gasteiger partial charge < -0.3 is 10.2 Å². The minimum Gasteiger partial charge on any atom is -0.369 e. The second kappa shape index (κ2) is 6.80. The van der Waals surface area contributed by atoms with Gasteiger partial charge in [0.2, 0.25) is 0 Å². The van der Waals surface area contributed by atoms with Gasteiger partial charge in [0.1, 0.15) is 0 Å². The number of nitrogens with one attached hydrogen (secondary N) is 1. The van der Waals surface area contributed by atoms with E-state index in [4.69, 9.17) is 0 Å². The Morgan fingerprint density at radius 2 is 1.71 bits per heavy atom. The van der Waals surface area contributed by atoms with E-state index in [0.29, 0.717) is 6.04 Å². The molecule has 2 fully saturated rings. The van der Waals surface area contributed by atoms with E-state index in [9.17, 15) is 0 Å². The van der Waals surface area contributed by atoms with Crippen molar-refractivity contribution < 1.29 is 0 Å². The van der Waals surface area contributed by atoms with Crippen LogP contribution in [0.3, 0.4) is 0 Å². The number of benzene rings is 1. The Balaban J connectivity index is 1.58. The number of piperazine rings is 1. The summed E-state index contributed by atoms with van der Waals surface area (Å²) in [5.41, 5.74) is 2.81. The molecule has 0 aromatic heterocycles. The zero-order chi connectivity index (χ0) is 14.7. The highest BCUT2D eigenvalue weighted by molar-refractivity contribution is 5.48. The van der Waals surface area contributed by atoms with Crippen LogP contribution >= 0.6 is 0 Å². The molecule has 1 aliphatic carbocycles. The Morgan fingerprint density at radius 1 is 1.05 bits per heavy atom. The van der Waals surface area contributed by atoms with Gasteiger partial charge in [-0.05, 0) is 43.5 Å². The lowest BCUT2D eigenvalue weighted by Gasteiger charge is -2.36. The summed E-state index contributed by atoms with van der Waals surface area (Å²) in [4.78, 5) is 5.21. The Kier molecular flexibility index (Phi) is 4.81. The maximum atomic E-state index is 3.55. The van der Waals surface area contributed by atoms with Gasteiger partial charge in [0.15, 0.2) is 0 Å². The van der Waals surface area contributed by atoms with Crippen LogP contribution in [-0.4, -0.2) is 43.7 Å². The molecule has 0 radical (unpaired) electrons. The van der Waals surface area contributed by atoms with Crippen molar-refractivity contribution in [2.75, 3.05) is 37.6 Å². The smallest absolute Gasteiger partial charge is 0.0367 e. The average molecular weight is 287 g/mol. The molecule has 0 bridgehead atoms. The van der Waals surface area contributed by atoms with Gasteiger partial charge in [-0.25, -0.2) is 0 Å². The van der Waals surface area contributed by atoms with Crippen LogP contribution in [0, 0.1) is 0 Å². The highest BCUT2D eigenvalue weighted by Crippen LogP contribution is 2.29. The molecule has 1 saturated carbocycles. The summed E-state index contributed by atoms with van der Waals surface area (Å²) in [6, 6.07) is 10.6. The Hall–Kier alpha value is -1.06. The van der Waals surface area contributed by atoms with E-state index < -0.39 is 0 Å². The molecule has 1 atom stereocenters. The second-order valence-electron chi connectivity index (χ2n) is 6.36. The van der Waals surface area contributed by atoms with Gasteiger partial charge in [-0.1, -0.05) is 26.0 Å². The third kappa shape index (κ3) is 3.58. The first kappa shape index (κ1) is 14.9. The maximum Gasteiger partial charge on any atom is 0.0367 e. The topological polar surface area (TPSA) is 18.5 Å². The summed E-state index contributed by atoms with van der Waals surface area (Å²) in [7, 11) is 0. The predicted octanol–water partition coefficient (Wildman–Crippen LogP) is 3.03. The lowest BCUT2D eigenvalue weighted by molar-refractivity contribution is 0.248. The molecule has 1 unspecified atom stereocenters. The van der Waals surface area contributed by atoms with Gasteiger partial charge in [-0.15, -0.1) is 0 Å². The molecule has 1 aromatic rings. The van der Waals surface area contributed by atoms with E-state index in [-0.39, 0.29) is 0 Å². The molecule has 0 amide bonds. The monoisotopic (exact) mass is 287 g/mol. The molecule has 21 heavy (non-hydrogen) atoms. The highest BCUT2D eigenvalue weighted by atomic mass is 15.3. The van der Waals surface area contributed by atoms with Crippen molar-refractivity contribution in [2.24, 2.45) is 0 Å². The first-order valence-corrected chi connectivity index (χ1v) is 8.64. The zero-order valence-corrected chi connectivity index (χ0v) is 13.5. The predicted molar refractivity (Wildman–Crippen MR) is 90.0 cm³/mol. The molecular formula is C18H29N3. The number of rotatable bonds is 6. The number of hydrogen-bond donors (Lipinski definition) is 1. The fourth-order valence-corrected chi connectivity index (χ4v) is 3.45. The van der Waals surface area contributed by atoms with Crippen molar-refractivity contribution in [3.8, 4) is 0 Å². The first-order valence-electron chi connectivity index (χ1n) is 8.64. The van der Waals surface area contributed by atoms with Crippen LogP contribution in [-0.2, 0) is 0 Å². The van der Waals surface area contributed by atoms with Crippen LogP contribution in [0.15, 0.2) is 24.3 Å². The van der Waals surface area contributed by atoms with Crippen molar-refractivity contribution in [3.05, 3.63) is 29.8 Å². The SMILES string of the molecule is CCNC(CC)c1ccc(N2CCN(C3CC3)CC2)cc1. The third-order valence-electron chi connectivity index (χ3n) is 4.90. The van der Waals surface area contributed by atoms with Crippen molar-refractivity contribution in [3.63, 3.8) is 0 Å². The van der Waals surface area contributed by atoms with E-state index in [0.717, 1.165) is 19.0 Å². The van der Waals surface area contributed by atoms with E-state index in [1.807, 2.05) is 0 Å². The summed E-state index contributed by atoms with van der Waals surface area (Å²) in [5.74, 6) is 0. The summed E-state index contributed by atoms with van der Waals surface area (Å²) >= 11 is 0. The lowest BCUT2D eigenvalue weighted by atomic mass is 10.0. The van der Waals surface area contributed by atoms with Gasteiger partial charge in [0.05, 0.1) is 0 Å². The normalized spacial score (nSPS) is 21.5. The van der Waals surface area contributed by atoms with Crippen LogP contribution in [0.25, 0.3) is 0 Å². The molecule has 1 saturated heterocycles. The molecule has 1 aliphatic heterocycles. The van der Waals surface area contributed by atoms with E-state index in [1.54, 1.807) is 0 Å². The molecular weight excluding hydrogens is 258 g/mol. The van der Waals surface area contributed by atoms with Crippen LogP contribution in [0.2, 0.25) is 0 Å².